The van der Waals surface area contributed by atoms with Gasteiger partial charge in [-0.1, -0.05) is 6.07 Å². The van der Waals surface area contributed by atoms with E-state index in [0.717, 1.165) is 17.3 Å². The number of ether oxygens (including phenoxy) is 2. The Kier molecular flexibility index (Phi) is 10.2. The number of guanidine groups is 1. The third kappa shape index (κ3) is 7.59. The second-order valence-electron chi connectivity index (χ2n) is 6.33. The van der Waals surface area contributed by atoms with E-state index in [1.165, 1.54) is 0 Å². The maximum Gasteiger partial charge on any atom is 0.191 e. The summed E-state index contributed by atoms with van der Waals surface area (Å²) in [7, 11) is 1.62. The molecule has 28 heavy (non-hydrogen) atoms. The molecule has 0 bridgehead atoms. The minimum absolute atomic E-state index is 0. The van der Waals surface area contributed by atoms with Crippen molar-refractivity contribution in [2.45, 2.75) is 26.4 Å². The summed E-state index contributed by atoms with van der Waals surface area (Å²) in [6.07, 6.45) is 0. The Morgan fingerprint density at radius 2 is 1.96 bits per heavy atom. The van der Waals surface area contributed by atoms with Crippen molar-refractivity contribution >= 4 is 29.9 Å². The van der Waals surface area contributed by atoms with Gasteiger partial charge in [-0.05, 0) is 45.0 Å². The minimum Gasteiger partial charge on any atom is -0.497 e. The standard InChI is InChI=1S/C20H29N3O4.HI/c1-5-21-19(23-14-20(3,24)18-10-9-15(2)27-18)22-11-12-26-17-8-6-7-16(13-17)25-4;/h6-10,13,24H,5,11-12,14H2,1-4H3,(H2,21,22,23);1H. The summed E-state index contributed by atoms with van der Waals surface area (Å²) < 4.78 is 16.4. The molecule has 1 aromatic carbocycles. The first-order valence-electron chi connectivity index (χ1n) is 9.03. The molecule has 0 aliphatic heterocycles. The molecule has 7 nitrogen and oxygen atoms in total. The molecule has 0 spiro atoms. The van der Waals surface area contributed by atoms with Gasteiger partial charge in [0.2, 0.25) is 0 Å². The summed E-state index contributed by atoms with van der Waals surface area (Å²) >= 11 is 0. The molecule has 156 valence electrons. The van der Waals surface area contributed by atoms with Crippen molar-refractivity contribution in [3.05, 3.63) is 47.9 Å². The number of benzene rings is 1. The molecule has 2 rings (SSSR count). The molecular weight excluding hydrogens is 473 g/mol. The fourth-order valence-electron chi connectivity index (χ4n) is 2.41. The van der Waals surface area contributed by atoms with Crippen LogP contribution in [0.25, 0.3) is 0 Å². The van der Waals surface area contributed by atoms with Gasteiger partial charge in [0.05, 0.1) is 20.2 Å². The Labute approximate surface area is 183 Å². The quantitative estimate of drug-likeness (QED) is 0.211. The Morgan fingerprint density at radius 1 is 1.21 bits per heavy atom. The molecule has 0 fully saturated rings. The summed E-state index contributed by atoms with van der Waals surface area (Å²) in [6.45, 7) is 7.42. The first kappa shape index (κ1) is 24.1. The van der Waals surface area contributed by atoms with Crippen molar-refractivity contribution in [1.29, 1.82) is 0 Å². The zero-order valence-electron chi connectivity index (χ0n) is 16.8. The van der Waals surface area contributed by atoms with E-state index in [-0.39, 0.29) is 30.5 Å². The van der Waals surface area contributed by atoms with Gasteiger partial charge in [-0.2, -0.15) is 0 Å². The minimum atomic E-state index is -1.17. The maximum atomic E-state index is 10.6. The highest BCUT2D eigenvalue weighted by Crippen LogP contribution is 2.23. The van der Waals surface area contributed by atoms with Crippen molar-refractivity contribution in [2.24, 2.45) is 4.99 Å². The molecule has 1 aromatic heterocycles. The van der Waals surface area contributed by atoms with Crippen LogP contribution in [0.15, 0.2) is 45.8 Å². The molecule has 0 amide bonds. The van der Waals surface area contributed by atoms with Gasteiger partial charge >= 0.3 is 0 Å². The van der Waals surface area contributed by atoms with Gasteiger partial charge in [0.1, 0.15) is 35.2 Å². The SMILES string of the molecule is CCNC(=NCC(C)(O)c1ccc(C)o1)NCCOc1cccc(OC)c1.I. The fourth-order valence-corrected chi connectivity index (χ4v) is 2.41. The summed E-state index contributed by atoms with van der Waals surface area (Å²) in [5.74, 6) is 3.37. The lowest BCUT2D eigenvalue weighted by molar-refractivity contribution is 0.0428. The van der Waals surface area contributed by atoms with E-state index in [1.54, 1.807) is 20.1 Å². The van der Waals surface area contributed by atoms with Gasteiger partial charge in [-0.25, -0.2) is 4.99 Å². The van der Waals surface area contributed by atoms with E-state index < -0.39 is 5.60 Å². The lowest BCUT2D eigenvalue weighted by atomic mass is 10.0. The molecule has 0 saturated heterocycles. The summed E-state index contributed by atoms with van der Waals surface area (Å²) in [5.41, 5.74) is -1.17. The van der Waals surface area contributed by atoms with Crippen molar-refractivity contribution in [3.8, 4) is 11.5 Å². The lowest BCUT2D eigenvalue weighted by Crippen LogP contribution is -2.40. The molecule has 0 saturated carbocycles. The normalized spacial score (nSPS) is 13.2. The molecule has 1 heterocycles. The van der Waals surface area contributed by atoms with Crippen molar-refractivity contribution in [1.82, 2.24) is 10.6 Å². The van der Waals surface area contributed by atoms with Crippen LogP contribution in [0.1, 0.15) is 25.4 Å². The number of methoxy groups -OCH3 is 1. The number of halogens is 1. The predicted molar refractivity (Wildman–Crippen MR) is 121 cm³/mol. The second kappa shape index (κ2) is 11.8. The van der Waals surface area contributed by atoms with E-state index in [0.29, 0.717) is 31.4 Å². The van der Waals surface area contributed by atoms with Gasteiger partial charge in [0, 0.05) is 12.6 Å². The first-order chi connectivity index (χ1) is 12.9. The number of nitrogens with zero attached hydrogens (tertiary/aromatic N) is 1. The molecule has 2 aromatic rings. The molecule has 1 atom stereocenters. The fraction of sp³-hybridized carbons (Fsp3) is 0.450. The third-order valence-corrected chi connectivity index (χ3v) is 3.86. The van der Waals surface area contributed by atoms with Crippen molar-refractivity contribution < 1.29 is 19.0 Å². The zero-order chi connectivity index (χ0) is 19.7. The van der Waals surface area contributed by atoms with Crippen LogP contribution in [-0.2, 0) is 5.60 Å². The van der Waals surface area contributed by atoms with Crippen LogP contribution >= 0.6 is 24.0 Å². The number of aliphatic hydroxyl groups is 1. The Morgan fingerprint density at radius 3 is 2.61 bits per heavy atom. The van der Waals surface area contributed by atoms with Crippen LogP contribution in [-0.4, -0.2) is 44.4 Å². The highest BCUT2D eigenvalue weighted by atomic mass is 127. The van der Waals surface area contributed by atoms with Gasteiger partial charge in [0.15, 0.2) is 5.96 Å². The number of furan rings is 1. The molecule has 8 heteroatoms. The van der Waals surface area contributed by atoms with Crippen LogP contribution < -0.4 is 20.1 Å². The van der Waals surface area contributed by atoms with Crippen molar-refractivity contribution in [3.63, 3.8) is 0 Å². The van der Waals surface area contributed by atoms with Crippen LogP contribution in [0.2, 0.25) is 0 Å². The highest BCUT2D eigenvalue weighted by Gasteiger charge is 2.26. The molecule has 1 unspecified atom stereocenters. The Hall–Kier alpha value is -1.94. The largest absolute Gasteiger partial charge is 0.497 e. The van der Waals surface area contributed by atoms with Crippen LogP contribution in [0, 0.1) is 6.92 Å². The number of aryl methyl sites for hydroxylation is 1. The topological polar surface area (TPSA) is 88.3 Å². The lowest BCUT2D eigenvalue weighted by Gasteiger charge is -2.19. The van der Waals surface area contributed by atoms with Crippen molar-refractivity contribution in [2.75, 3.05) is 33.4 Å². The molecule has 0 aliphatic rings. The molecule has 3 N–H and O–H groups in total. The van der Waals surface area contributed by atoms with Crippen LogP contribution in [0.3, 0.4) is 0 Å². The number of rotatable bonds is 9. The van der Waals surface area contributed by atoms with Gasteiger partial charge in [0.25, 0.3) is 0 Å². The number of hydrogen-bond donors (Lipinski definition) is 3. The monoisotopic (exact) mass is 503 g/mol. The van der Waals surface area contributed by atoms with Gasteiger partial charge in [-0.15, -0.1) is 24.0 Å². The zero-order valence-corrected chi connectivity index (χ0v) is 19.2. The maximum absolute atomic E-state index is 10.6. The summed E-state index contributed by atoms with van der Waals surface area (Å²) in [6, 6.07) is 11.1. The van der Waals surface area contributed by atoms with E-state index in [4.69, 9.17) is 13.9 Å². The summed E-state index contributed by atoms with van der Waals surface area (Å²) in [5, 5.41) is 16.9. The van der Waals surface area contributed by atoms with E-state index in [1.807, 2.05) is 44.2 Å². The number of aliphatic imine (C=N–C) groups is 1. The third-order valence-electron chi connectivity index (χ3n) is 3.86. The number of hydrogen-bond acceptors (Lipinski definition) is 5. The van der Waals surface area contributed by atoms with Crippen LogP contribution in [0.4, 0.5) is 0 Å². The Balaban J connectivity index is 0.00000392. The number of nitrogens with one attached hydrogen (secondary N) is 2. The van der Waals surface area contributed by atoms with E-state index in [9.17, 15) is 5.11 Å². The first-order valence-corrected chi connectivity index (χ1v) is 9.03. The van der Waals surface area contributed by atoms with E-state index in [2.05, 4.69) is 15.6 Å². The highest BCUT2D eigenvalue weighted by molar-refractivity contribution is 14.0. The molecular formula is C20H30IN3O4. The molecule has 0 aliphatic carbocycles. The molecule has 0 radical (unpaired) electrons. The van der Waals surface area contributed by atoms with E-state index >= 15 is 0 Å². The average Bonchev–Trinajstić information content (AvgIpc) is 3.10. The summed E-state index contributed by atoms with van der Waals surface area (Å²) in [4.78, 5) is 4.45. The average molecular weight is 503 g/mol. The smallest absolute Gasteiger partial charge is 0.191 e. The van der Waals surface area contributed by atoms with Gasteiger partial charge in [-0.3, -0.25) is 0 Å². The van der Waals surface area contributed by atoms with Gasteiger partial charge < -0.3 is 29.6 Å². The predicted octanol–water partition coefficient (Wildman–Crippen LogP) is 3.06. The Bertz CT molecular complexity index is 747. The second-order valence-corrected chi connectivity index (χ2v) is 6.33. The van der Waals surface area contributed by atoms with Crippen LogP contribution in [0.5, 0.6) is 11.5 Å².